The van der Waals surface area contributed by atoms with Crippen LogP contribution in [0.1, 0.15) is 15.9 Å². The second kappa shape index (κ2) is 3.36. The number of carbonyl (C=O) groups is 1. The Morgan fingerprint density at radius 3 is 2.54 bits per heavy atom. The topological polar surface area (TPSA) is 17.1 Å². The van der Waals surface area contributed by atoms with E-state index in [1.165, 1.54) is 6.92 Å². The summed E-state index contributed by atoms with van der Waals surface area (Å²) in [5, 5.41) is 0. The highest BCUT2D eigenvalue weighted by molar-refractivity contribution is 6.08. The van der Waals surface area contributed by atoms with Gasteiger partial charge >= 0.3 is 0 Å². The SMILES string of the molecule is C#CC(=O)c1cc(C)c(F)cc1F. The van der Waals surface area contributed by atoms with Crippen molar-refractivity contribution in [3.63, 3.8) is 0 Å². The van der Waals surface area contributed by atoms with Gasteiger partial charge in [0.15, 0.2) is 0 Å². The van der Waals surface area contributed by atoms with Gasteiger partial charge in [0.1, 0.15) is 11.6 Å². The van der Waals surface area contributed by atoms with Crippen molar-refractivity contribution >= 4 is 5.78 Å². The van der Waals surface area contributed by atoms with Crippen LogP contribution in [0.25, 0.3) is 0 Å². The summed E-state index contributed by atoms with van der Waals surface area (Å²) in [6, 6.07) is 1.76. The van der Waals surface area contributed by atoms with E-state index in [2.05, 4.69) is 0 Å². The zero-order valence-corrected chi connectivity index (χ0v) is 6.90. The van der Waals surface area contributed by atoms with Crippen molar-refractivity contribution in [1.82, 2.24) is 0 Å². The molecule has 0 aromatic heterocycles. The molecule has 0 saturated carbocycles. The maximum atomic E-state index is 12.9. The standard InChI is InChI=1S/C10H6F2O/c1-3-10(13)7-4-6(2)8(11)5-9(7)12/h1,4-5H,2H3. The van der Waals surface area contributed by atoms with Crippen LogP contribution in [0.4, 0.5) is 8.78 Å². The van der Waals surface area contributed by atoms with Crippen LogP contribution in [0.15, 0.2) is 12.1 Å². The van der Waals surface area contributed by atoms with Crippen molar-refractivity contribution in [3.05, 3.63) is 34.9 Å². The van der Waals surface area contributed by atoms with Gasteiger partial charge in [0.05, 0.1) is 5.56 Å². The molecule has 66 valence electrons. The summed E-state index contributed by atoms with van der Waals surface area (Å²) >= 11 is 0. The molecule has 3 heteroatoms. The van der Waals surface area contributed by atoms with Crippen LogP contribution in [-0.2, 0) is 0 Å². The maximum Gasteiger partial charge on any atom is 0.238 e. The minimum Gasteiger partial charge on any atom is -0.279 e. The number of terminal acetylenes is 1. The Morgan fingerprint density at radius 1 is 1.38 bits per heavy atom. The van der Waals surface area contributed by atoms with E-state index in [-0.39, 0.29) is 11.1 Å². The normalized spacial score (nSPS) is 9.38. The smallest absolute Gasteiger partial charge is 0.238 e. The van der Waals surface area contributed by atoms with E-state index in [1.54, 1.807) is 5.92 Å². The second-order valence-corrected chi connectivity index (χ2v) is 2.55. The molecular formula is C10H6F2O. The van der Waals surface area contributed by atoms with Gasteiger partial charge in [-0.1, -0.05) is 0 Å². The van der Waals surface area contributed by atoms with Gasteiger partial charge in [0.25, 0.3) is 0 Å². The summed E-state index contributed by atoms with van der Waals surface area (Å²) in [7, 11) is 0. The third-order valence-corrected chi connectivity index (χ3v) is 1.62. The van der Waals surface area contributed by atoms with E-state index in [4.69, 9.17) is 6.42 Å². The van der Waals surface area contributed by atoms with Crippen LogP contribution in [-0.4, -0.2) is 5.78 Å². The Balaban J connectivity index is 3.33. The summed E-state index contributed by atoms with van der Waals surface area (Å²) in [5.74, 6) is -0.624. The molecule has 0 unspecified atom stereocenters. The van der Waals surface area contributed by atoms with Crippen LogP contribution < -0.4 is 0 Å². The lowest BCUT2D eigenvalue weighted by Crippen LogP contribution is -2.01. The van der Waals surface area contributed by atoms with Gasteiger partial charge in [-0.3, -0.25) is 4.79 Å². The van der Waals surface area contributed by atoms with Crippen LogP contribution in [0.3, 0.4) is 0 Å². The zero-order chi connectivity index (χ0) is 10.0. The summed E-state index contributed by atoms with van der Waals surface area (Å²) < 4.78 is 25.6. The molecule has 1 nitrogen and oxygen atoms in total. The van der Waals surface area contributed by atoms with E-state index in [0.29, 0.717) is 6.07 Å². The molecule has 0 radical (unpaired) electrons. The van der Waals surface area contributed by atoms with Gasteiger partial charge in [-0.2, -0.15) is 0 Å². The Bertz CT molecular complexity index is 402. The predicted octanol–water partition coefficient (Wildman–Crippen LogP) is 2.09. The largest absolute Gasteiger partial charge is 0.279 e. The minimum absolute atomic E-state index is 0.194. The number of hydrogen-bond donors (Lipinski definition) is 0. The van der Waals surface area contributed by atoms with E-state index in [9.17, 15) is 13.6 Å². The van der Waals surface area contributed by atoms with Gasteiger partial charge in [0, 0.05) is 6.07 Å². The third kappa shape index (κ3) is 1.73. The molecule has 1 rings (SSSR count). The summed E-state index contributed by atoms with van der Waals surface area (Å²) in [6.45, 7) is 1.43. The van der Waals surface area contributed by atoms with E-state index in [0.717, 1.165) is 6.07 Å². The monoisotopic (exact) mass is 180 g/mol. The van der Waals surface area contributed by atoms with Crippen LogP contribution in [0.5, 0.6) is 0 Å². The van der Waals surface area contributed by atoms with E-state index in [1.807, 2.05) is 0 Å². The molecule has 0 aliphatic carbocycles. The van der Waals surface area contributed by atoms with E-state index < -0.39 is 17.4 Å². The first-order chi connectivity index (χ1) is 6.06. The van der Waals surface area contributed by atoms with Crippen molar-refractivity contribution in [1.29, 1.82) is 0 Å². The minimum atomic E-state index is -0.925. The molecule has 0 heterocycles. The van der Waals surface area contributed by atoms with E-state index >= 15 is 0 Å². The van der Waals surface area contributed by atoms with Gasteiger partial charge in [-0.05, 0) is 24.5 Å². The molecule has 0 spiro atoms. The second-order valence-electron chi connectivity index (χ2n) is 2.55. The fourth-order valence-electron chi connectivity index (χ4n) is 0.909. The molecule has 0 fully saturated rings. The van der Waals surface area contributed by atoms with Crippen molar-refractivity contribution in [2.45, 2.75) is 6.92 Å². The van der Waals surface area contributed by atoms with Gasteiger partial charge < -0.3 is 0 Å². The molecule has 0 saturated heterocycles. The molecule has 1 aromatic carbocycles. The fourth-order valence-corrected chi connectivity index (χ4v) is 0.909. The van der Waals surface area contributed by atoms with Crippen molar-refractivity contribution in [2.75, 3.05) is 0 Å². The van der Waals surface area contributed by atoms with Crippen molar-refractivity contribution < 1.29 is 13.6 Å². The molecule has 0 aliphatic rings. The summed E-state index contributed by atoms with van der Waals surface area (Å²) in [6.07, 6.45) is 4.80. The third-order valence-electron chi connectivity index (χ3n) is 1.62. The van der Waals surface area contributed by atoms with Crippen LogP contribution in [0, 0.1) is 30.9 Å². The molecule has 0 amide bonds. The number of benzene rings is 1. The number of rotatable bonds is 1. The molecule has 1 aromatic rings. The Hall–Kier alpha value is -1.69. The Kier molecular flexibility index (Phi) is 2.43. The summed E-state index contributed by atoms with van der Waals surface area (Å²) in [4.78, 5) is 10.9. The molecule has 0 bridgehead atoms. The summed E-state index contributed by atoms with van der Waals surface area (Å²) in [5.41, 5.74) is -0.0681. The predicted molar refractivity (Wildman–Crippen MR) is 44.3 cm³/mol. The fraction of sp³-hybridized carbons (Fsp3) is 0.100. The number of Topliss-reactive ketones (excluding diaryl/α,β-unsaturated/α-hetero) is 1. The number of halogens is 2. The highest BCUT2D eigenvalue weighted by Crippen LogP contribution is 2.14. The van der Waals surface area contributed by atoms with Gasteiger partial charge in [-0.15, -0.1) is 6.42 Å². The number of ketones is 1. The van der Waals surface area contributed by atoms with Gasteiger partial charge in [-0.25, -0.2) is 8.78 Å². The highest BCUT2D eigenvalue weighted by Gasteiger charge is 2.11. The van der Waals surface area contributed by atoms with Crippen LogP contribution in [0.2, 0.25) is 0 Å². The molecule has 0 N–H and O–H groups in total. The maximum absolute atomic E-state index is 12.9. The van der Waals surface area contributed by atoms with Crippen molar-refractivity contribution in [3.8, 4) is 12.3 Å². The van der Waals surface area contributed by atoms with Crippen molar-refractivity contribution in [2.24, 2.45) is 0 Å². The average molecular weight is 180 g/mol. The first-order valence-electron chi connectivity index (χ1n) is 3.53. The number of carbonyl (C=O) groups excluding carboxylic acids is 1. The molecule has 0 atom stereocenters. The lowest BCUT2D eigenvalue weighted by molar-refractivity contribution is 0.105. The number of aryl methyl sites for hydroxylation is 1. The molecule has 13 heavy (non-hydrogen) atoms. The van der Waals surface area contributed by atoms with Gasteiger partial charge in [0.2, 0.25) is 5.78 Å². The average Bonchev–Trinajstić information content (AvgIpc) is 2.10. The Morgan fingerprint density at radius 2 is 2.00 bits per heavy atom. The molecule has 0 aliphatic heterocycles. The van der Waals surface area contributed by atoms with Crippen LogP contribution >= 0.6 is 0 Å². The first kappa shape index (κ1) is 9.40. The first-order valence-corrected chi connectivity index (χ1v) is 3.53. The number of hydrogen-bond acceptors (Lipinski definition) is 1. The quantitative estimate of drug-likeness (QED) is 0.367. The lowest BCUT2D eigenvalue weighted by Gasteiger charge is -2.00. The lowest BCUT2D eigenvalue weighted by atomic mass is 10.1. The zero-order valence-electron chi connectivity index (χ0n) is 6.90. The molecular weight excluding hydrogens is 174 g/mol. The highest BCUT2D eigenvalue weighted by atomic mass is 19.1. The Labute approximate surface area is 74.4 Å².